The predicted octanol–water partition coefficient (Wildman–Crippen LogP) is 3.43. The second-order valence-electron chi connectivity index (χ2n) is 4.58. The van der Waals surface area contributed by atoms with Crippen LogP contribution >= 0.6 is 34.5 Å². The van der Waals surface area contributed by atoms with E-state index in [1.54, 1.807) is 0 Å². The first-order valence-corrected chi connectivity index (χ1v) is 9.53. The van der Waals surface area contributed by atoms with Crippen LogP contribution in [0, 0.1) is 0 Å². The minimum Gasteiger partial charge on any atom is -0.465 e. The van der Waals surface area contributed by atoms with E-state index in [0.717, 1.165) is 25.6 Å². The lowest BCUT2D eigenvalue weighted by atomic mass is 10.1. The molecule has 0 atom stereocenters. The van der Waals surface area contributed by atoms with Gasteiger partial charge in [-0.2, -0.15) is 0 Å². The Bertz CT molecular complexity index is 905. The van der Waals surface area contributed by atoms with E-state index in [-0.39, 0.29) is 30.4 Å². The smallest absolute Gasteiger partial charge is 0.337 e. The van der Waals surface area contributed by atoms with Crippen molar-refractivity contribution in [3.05, 3.63) is 44.1 Å². The Labute approximate surface area is 157 Å². The van der Waals surface area contributed by atoms with E-state index in [2.05, 4.69) is 14.2 Å². The van der Waals surface area contributed by atoms with Crippen molar-refractivity contribution in [3.8, 4) is 0 Å². The first kappa shape index (κ1) is 19.5. The molecule has 1 heterocycles. The first-order valence-electron chi connectivity index (χ1n) is 6.47. The molecule has 0 aliphatic heterocycles. The van der Waals surface area contributed by atoms with Crippen molar-refractivity contribution >= 4 is 62.2 Å². The summed E-state index contributed by atoms with van der Waals surface area (Å²) in [6.07, 6.45) is 0. The third kappa shape index (κ3) is 4.43. The average molecular weight is 424 g/mol. The Kier molecular flexibility index (Phi) is 5.94. The van der Waals surface area contributed by atoms with Gasteiger partial charge in [0, 0.05) is 0 Å². The molecular weight excluding hydrogens is 413 g/mol. The van der Waals surface area contributed by atoms with Crippen LogP contribution in [0.15, 0.2) is 29.2 Å². The van der Waals surface area contributed by atoms with Gasteiger partial charge in [0.2, 0.25) is 0 Å². The van der Waals surface area contributed by atoms with Crippen molar-refractivity contribution in [2.75, 3.05) is 18.9 Å². The van der Waals surface area contributed by atoms with Gasteiger partial charge in [0.1, 0.15) is 9.23 Å². The van der Waals surface area contributed by atoms with Gasteiger partial charge < -0.3 is 9.47 Å². The van der Waals surface area contributed by atoms with Crippen LogP contribution in [0.5, 0.6) is 0 Å². The summed E-state index contributed by atoms with van der Waals surface area (Å²) in [4.78, 5) is 23.3. The molecule has 2 rings (SSSR count). The summed E-state index contributed by atoms with van der Waals surface area (Å²) in [7, 11) is -1.77. The number of nitrogens with one attached hydrogen (secondary N) is 1. The molecule has 25 heavy (non-hydrogen) atoms. The minimum absolute atomic E-state index is 0.0187. The standard InChI is InChI=1S/C14H11Cl2NO6S2/c1-22-13(18)7-3-8(14(19)23-2)5-9(4-7)17-25(20,21)10-6-11(15)24-12(10)16/h3-6,17H,1-2H3. The SMILES string of the molecule is COC(=O)c1cc(NS(=O)(=O)c2cc(Cl)sc2Cl)cc(C(=O)OC)c1. The molecule has 0 bridgehead atoms. The van der Waals surface area contributed by atoms with E-state index in [0.29, 0.717) is 0 Å². The summed E-state index contributed by atoms with van der Waals surface area (Å²) in [6.45, 7) is 0. The number of benzene rings is 1. The maximum atomic E-state index is 12.5. The van der Waals surface area contributed by atoms with E-state index >= 15 is 0 Å². The molecule has 2 aromatic rings. The second kappa shape index (κ2) is 7.61. The quantitative estimate of drug-likeness (QED) is 0.739. The molecule has 1 aromatic carbocycles. The molecule has 0 fully saturated rings. The number of halogens is 2. The highest BCUT2D eigenvalue weighted by atomic mass is 35.5. The number of ether oxygens (including phenoxy) is 2. The van der Waals surface area contributed by atoms with Crippen molar-refractivity contribution in [2.45, 2.75) is 4.90 Å². The number of hydrogen-bond acceptors (Lipinski definition) is 7. The lowest BCUT2D eigenvalue weighted by Crippen LogP contribution is -2.14. The summed E-state index contributed by atoms with van der Waals surface area (Å²) in [6, 6.07) is 4.86. The number of esters is 2. The van der Waals surface area contributed by atoms with Gasteiger partial charge in [-0.05, 0) is 24.3 Å². The summed E-state index contributed by atoms with van der Waals surface area (Å²) in [5.41, 5.74) is -0.100. The summed E-state index contributed by atoms with van der Waals surface area (Å²) in [5.74, 6) is -1.49. The Morgan fingerprint density at radius 3 is 1.92 bits per heavy atom. The van der Waals surface area contributed by atoms with Gasteiger partial charge in [0.15, 0.2) is 0 Å². The fourth-order valence-electron chi connectivity index (χ4n) is 1.88. The lowest BCUT2D eigenvalue weighted by molar-refractivity contribution is 0.0599. The molecule has 0 spiro atoms. The molecule has 0 radical (unpaired) electrons. The van der Waals surface area contributed by atoms with Gasteiger partial charge >= 0.3 is 11.9 Å². The molecule has 1 N–H and O–H groups in total. The topological polar surface area (TPSA) is 98.8 Å². The number of methoxy groups -OCH3 is 2. The van der Waals surface area contributed by atoms with E-state index in [1.807, 2.05) is 0 Å². The molecule has 0 unspecified atom stereocenters. The maximum absolute atomic E-state index is 12.5. The van der Waals surface area contributed by atoms with E-state index in [9.17, 15) is 18.0 Å². The Morgan fingerprint density at radius 2 is 1.52 bits per heavy atom. The molecule has 0 amide bonds. The number of carbonyl (C=O) groups is 2. The zero-order valence-corrected chi connectivity index (χ0v) is 16.0. The number of sulfonamides is 1. The first-order chi connectivity index (χ1) is 11.7. The molecular formula is C14H11Cl2NO6S2. The van der Waals surface area contributed by atoms with Crippen molar-refractivity contribution < 1.29 is 27.5 Å². The summed E-state index contributed by atoms with van der Waals surface area (Å²) < 4.78 is 36.5. The van der Waals surface area contributed by atoms with Crippen LogP contribution in [0.4, 0.5) is 5.69 Å². The molecule has 1 aromatic heterocycles. The van der Waals surface area contributed by atoms with E-state index < -0.39 is 22.0 Å². The number of carbonyl (C=O) groups excluding carboxylic acids is 2. The van der Waals surface area contributed by atoms with Crippen LogP contribution in [-0.4, -0.2) is 34.6 Å². The van der Waals surface area contributed by atoms with Gasteiger partial charge in [0.25, 0.3) is 10.0 Å². The van der Waals surface area contributed by atoms with Crippen molar-refractivity contribution in [3.63, 3.8) is 0 Å². The molecule has 0 aliphatic carbocycles. The second-order valence-corrected chi connectivity index (χ2v) is 8.51. The monoisotopic (exact) mass is 423 g/mol. The Balaban J connectivity index is 2.49. The highest BCUT2D eigenvalue weighted by Crippen LogP contribution is 2.35. The van der Waals surface area contributed by atoms with Gasteiger partial charge in [0.05, 0.1) is 35.4 Å². The number of rotatable bonds is 5. The summed E-state index contributed by atoms with van der Waals surface area (Å²) in [5, 5.41) is 0. The molecule has 0 saturated carbocycles. The fourth-order valence-corrected chi connectivity index (χ4v) is 5.07. The third-order valence-corrected chi connectivity index (χ3v) is 6.08. The van der Waals surface area contributed by atoms with Gasteiger partial charge in [-0.25, -0.2) is 18.0 Å². The van der Waals surface area contributed by atoms with Crippen LogP contribution in [0.3, 0.4) is 0 Å². The van der Waals surface area contributed by atoms with Crippen molar-refractivity contribution in [1.82, 2.24) is 0 Å². The van der Waals surface area contributed by atoms with Crippen LogP contribution in [-0.2, 0) is 19.5 Å². The maximum Gasteiger partial charge on any atom is 0.337 e. The molecule has 134 valence electrons. The molecule has 11 heteroatoms. The average Bonchev–Trinajstić information content (AvgIpc) is 2.91. The fraction of sp³-hybridized carbons (Fsp3) is 0.143. The predicted molar refractivity (Wildman–Crippen MR) is 94.3 cm³/mol. The number of hydrogen-bond donors (Lipinski definition) is 1. The van der Waals surface area contributed by atoms with E-state index in [4.69, 9.17) is 23.2 Å². The minimum atomic E-state index is -4.08. The highest BCUT2D eigenvalue weighted by Gasteiger charge is 2.23. The molecule has 0 saturated heterocycles. The summed E-state index contributed by atoms with van der Waals surface area (Å²) >= 11 is 12.5. The lowest BCUT2D eigenvalue weighted by Gasteiger charge is -2.10. The number of thiophene rings is 1. The molecule has 0 aliphatic rings. The third-order valence-electron chi connectivity index (χ3n) is 2.94. The van der Waals surface area contributed by atoms with Gasteiger partial charge in [-0.3, -0.25) is 4.72 Å². The zero-order chi connectivity index (χ0) is 18.8. The highest BCUT2D eigenvalue weighted by molar-refractivity contribution is 7.93. The van der Waals surface area contributed by atoms with Crippen LogP contribution < -0.4 is 4.72 Å². The van der Waals surface area contributed by atoms with Gasteiger partial charge in [-0.1, -0.05) is 23.2 Å². The van der Waals surface area contributed by atoms with Crippen LogP contribution in [0.1, 0.15) is 20.7 Å². The van der Waals surface area contributed by atoms with Crippen LogP contribution in [0.25, 0.3) is 0 Å². The number of anilines is 1. The largest absolute Gasteiger partial charge is 0.465 e. The zero-order valence-electron chi connectivity index (χ0n) is 12.8. The van der Waals surface area contributed by atoms with Crippen molar-refractivity contribution in [2.24, 2.45) is 0 Å². The van der Waals surface area contributed by atoms with Crippen molar-refractivity contribution in [1.29, 1.82) is 0 Å². The molecule has 7 nitrogen and oxygen atoms in total. The van der Waals surface area contributed by atoms with E-state index in [1.165, 1.54) is 24.3 Å². The van der Waals surface area contributed by atoms with Crippen LogP contribution in [0.2, 0.25) is 8.67 Å². The Hall–Kier alpha value is -1.81. The van der Waals surface area contributed by atoms with Gasteiger partial charge in [-0.15, -0.1) is 11.3 Å². The normalized spacial score (nSPS) is 11.0. The Morgan fingerprint density at radius 1 is 1.00 bits per heavy atom.